The van der Waals surface area contributed by atoms with Gasteiger partial charge in [-0.3, -0.25) is 14.5 Å². The minimum atomic E-state index is -4.61. The molecule has 0 aliphatic carbocycles. The van der Waals surface area contributed by atoms with Crippen LogP contribution in [0, 0.1) is 11.8 Å². The molecule has 2 rings (SSSR count). The Morgan fingerprint density at radius 2 is 1.96 bits per heavy atom. The number of ether oxygens (including phenoxy) is 1. The van der Waals surface area contributed by atoms with Crippen LogP contribution in [0.3, 0.4) is 0 Å². The molecule has 1 aliphatic rings. The Morgan fingerprint density at radius 3 is 2.50 bits per heavy atom. The molecule has 1 heterocycles. The van der Waals surface area contributed by atoms with Gasteiger partial charge in [0.2, 0.25) is 5.91 Å². The zero-order chi connectivity index (χ0) is 19.5. The van der Waals surface area contributed by atoms with E-state index in [9.17, 15) is 22.8 Å². The molecule has 0 spiro atoms. The van der Waals surface area contributed by atoms with Gasteiger partial charge in [0.05, 0.1) is 25.5 Å². The number of benzene rings is 1. The molecule has 1 aromatic carbocycles. The van der Waals surface area contributed by atoms with Crippen LogP contribution in [0.25, 0.3) is 0 Å². The third kappa shape index (κ3) is 4.66. The van der Waals surface area contributed by atoms with E-state index in [2.05, 4.69) is 0 Å². The maximum atomic E-state index is 13.0. The molecule has 0 radical (unpaired) electrons. The summed E-state index contributed by atoms with van der Waals surface area (Å²) in [6.07, 6.45) is -4.61. The number of amides is 1. The quantitative estimate of drug-likeness (QED) is 0.823. The Hall–Kier alpha value is -2.29. The van der Waals surface area contributed by atoms with E-state index in [0.29, 0.717) is 5.75 Å². The summed E-state index contributed by atoms with van der Waals surface area (Å²) in [4.78, 5) is 26.1. The molecule has 0 aromatic heterocycles. The molecular formula is C17H21F3N2O4. The number of carboxylic acid groups (broad SMARTS) is 1. The molecule has 9 heteroatoms. The first-order valence-electron chi connectivity index (χ1n) is 8.01. The van der Waals surface area contributed by atoms with E-state index in [0.717, 1.165) is 5.56 Å². The van der Waals surface area contributed by atoms with Crippen molar-refractivity contribution in [3.05, 3.63) is 29.8 Å². The monoisotopic (exact) mass is 374 g/mol. The average Bonchev–Trinajstić information content (AvgIpc) is 2.99. The molecule has 0 unspecified atom stereocenters. The number of carboxylic acids is 1. The number of likely N-dealkylation sites (N-methyl/N-ethyl adjacent to an activating group) is 1. The van der Waals surface area contributed by atoms with E-state index < -0.39 is 30.5 Å². The van der Waals surface area contributed by atoms with Crippen LogP contribution in [-0.2, 0) is 16.1 Å². The molecule has 1 N–H and O–H groups in total. The highest BCUT2D eigenvalue weighted by Gasteiger charge is 2.52. The van der Waals surface area contributed by atoms with Crippen LogP contribution in [0.5, 0.6) is 5.75 Å². The molecule has 1 saturated heterocycles. The Kier molecular flexibility index (Phi) is 6.12. The number of hydrogen-bond acceptors (Lipinski definition) is 4. The SMILES string of the molecule is COc1ccccc1CN(C)C(=O)CN1C[C@@H](C(F)(F)F)[C@H](C(=O)O)C1. The van der Waals surface area contributed by atoms with E-state index in [4.69, 9.17) is 9.84 Å². The maximum Gasteiger partial charge on any atom is 0.393 e. The minimum Gasteiger partial charge on any atom is -0.496 e. The number of nitrogens with zero attached hydrogens (tertiary/aromatic N) is 2. The summed E-state index contributed by atoms with van der Waals surface area (Å²) in [5, 5.41) is 9.02. The van der Waals surface area contributed by atoms with Gasteiger partial charge in [0, 0.05) is 32.2 Å². The number of alkyl halides is 3. The van der Waals surface area contributed by atoms with Gasteiger partial charge in [-0.15, -0.1) is 0 Å². The third-order valence-electron chi connectivity index (χ3n) is 4.52. The summed E-state index contributed by atoms with van der Waals surface area (Å²) < 4.78 is 44.2. The van der Waals surface area contributed by atoms with Gasteiger partial charge < -0.3 is 14.7 Å². The topological polar surface area (TPSA) is 70.1 Å². The zero-order valence-corrected chi connectivity index (χ0v) is 14.5. The highest BCUT2D eigenvalue weighted by molar-refractivity contribution is 5.78. The highest BCUT2D eigenvalue weighted by atomic mass is 19.4. The Labute approximate surface area is 149 Å². The lowest BCUT2D eigenvalue weighted by atomic mass is 9.96. The Balaban J connectivity index is 2.00. The lowest BCUT2D eigenvalue weighted by Gasteiger charge is -2.22. The van der Waals surface area contributed by atoms with Crippen molar-refractivity contribution in [2.24, 2.45) is 11.8 Å². The summed E-state index contributed by atoms with van der Waals surface area (Å²) in [5.41, 5.74) is 0.767. The minimum absolute atomic E-state index is 0.238. The number of aliphatic carboxylic acids is 1. The van der Waals surface area contributed by atoms with Crippen molar-refractivity contribution in [2.75, 3.05) is 33.8 Å². The Morgan fingerprint density at radius 1 is 1.31 bits per heavy atom. The smallest absolute Gasteiger partial charge is 0.393 e. The number of hydrogen-bond donors (Lipinski definition) is 1. The number of rotatable bonds is 6. The van der Waals surface area contributed by atoms with Crippen LogP contribution in [-0.4, -0.2) is 66.8 Å². The molecule has 1 aliphatic heterocycles. The fraction of sp³-hybridized carbons (Fsp3) is 0.529. The second-order valence-electron chi connectivity index (χ2n) is 6.35. The van der Waals surface area contributed by atoms with Crippen LogP contribution >= 0.6 is 0 Å². The van der Waals surface area contributed by atoms with Crippen LogP contribution in [0.1, 0.15) is 5.56 Å². The van der Waals surface area contributed by atoms with Crippen LogP contribution in [0.15, 0.2) is 24.3 Å². The molecule has 0 bridgehead atoms. The first-order chi connectivity index (χ1) is 12.1. The number of para-hydroxylation sites is 1. The first-order valence-corrected chi connectivity index (χ1v) is 8.01. The van der Waals surface area contributed by atoms with E-state index in [1.54, 1.807) is 31.3 Å². The van der Waals surface area contributed by atoms with Gasteiger partial charge in [-0.05, 0) is 6.07 Å². The number of carbonyl (C=O) groups excluding carboxylic acids is 1. The van der Waals surface area contributed by atoms with Crippen molar-refractivity contribution in [1.82, 2.24) is 9.80 Å². The molecule has 6 nitrogen and oxygen atoms in total. The lowest BCUT2D eigenvalue weighted by molar-refractivity contribution is -0.188. The summed E-state index contributed by atoms with van der Waals surface area (Å²) >= 11 is 0. The Bertz CT molecular complexity index is 666. The van der Waals surface area contributed by atoms with Gasteiger partial charge in [0.25, 0.3) is 0 Å². The van der Waals surface area contributed by atoms with Gasteiger partial charge in [-0.25, -0.2) is 0 Å². The van der Waals surface area contributed by atoms with Crippen molar-refractivity contribution < 1.29 is 32.6 Å². The van der Waals surface area contributed by atoms with Gasteiger partial charge in [-0.1, -0.05) is 18.2 Å². The number of likely N-dealkylation sites (tertiary alicyclic amines) is 1. The molecule has 26 heavy (non-hydrogen) atoms. The average molecular weight is 374 g/mol. The second-order valence-corrected chi connectivity index (χ2v) is 6.35. The van der Waals surface area contributed by atoms with Gasteiger partial charge in [0.15, 0.2) is 0 Å². The molecule has 1 fully saturated rings. The normalized spacial score (nSPS) is 20.8. The highest BCUT2D eigenvalue weighted by Crippen LogP contribution is 2.37. The van der Waals surface area contributed by atoms with E-state index in [-0.39, 0.29) is 25.5 Å². The summed E-state index contributed by atoms with van der Waals surface area (Å²) in [6, 6.07) is 7.12. The summed E-state index contributed by atoms with van der Waals surface area (Å²) in [7, 11) is 3.05. The molecule has 1 amide bonds. The van der Waals surface area contributed by atoms with Crippen LogP contribution < -0.4 is 4.74 Å². The van der Waals surface area contributed by atoms with Crippen molar-refractivity contribution >= 4 is 11.9 Å². The van der Waals surface area contributed by atoms with Crippen LogP contribution in [0.2, 0.25) is 0 Å². The lowest BCUT2D eigenvalue weighted by Crippen LogP contribution is -2.38. The number of methoxy groups -OCH3 is 1. The molecular weight excluding hydrogens is 353 g/mol. The molecule has 144 valence electrons. The van der Waals surface area contributed by atoms with E-state index >= 15 is 0 Å². The van der Waals surface area contributed by atoms with Crippen molar-refractivity contribution in [3.63, 3.8) is 0 Å². The van der Waals surface area contributed by atoms with Crippen molar-refractivity contribution in [1.29, 1.82) is 0 Å². The zero-order valence-electron chi connectivity index (χ0n) is 14.5. The molecule has 0 saturated carbocycles. The second kappa shape index (κ2) is 7.94. The summed E-state index contributed by atoms with van der Waals surface area (Å²) in [5.74, 6) is -4.79. The predicted molar refractivity (Wildman–Crippen MR) is 86.6 cm³/mol. The van der Waals surface area contributed by atoms with Gasteiger partial charge >= 0.3 is 12.1 Å². The standard InChI is InChI=1S/C17H21F3N2O4/c1-21(7-11-5-3-4-6-14(11)26-2)15(23)10-22-8-12(16(24)25)13(9-22)17(18,19)20/h3-6,12-13H,7-10H2,1-2H3,(H,24,25)/t12-,13-/m1/s1. The van der Waals surface area contributed by atoms with Crippen molar-refractivity contribution in [3.8, 4) is 5.75 Å². The fourth-order valence-electron chi connectivity index (χ4n) is 3.09. The third-order valence-corrected chi connectivity index (χ3v) is 4.52. The first kappa shape index (κ1) is 20.0. The molecule has 1 aromatic rings. The van der Waals surface area contributed by atoms with E-state index in [1.165, 1.54) is 16.9 Å². The largest absolute Gasteiger partial charge is 0.496 e. The van der Waals surface area contributed by atoms with Gasteiger partial charge in [0.1, 0.15) is 5.75 Å². The number of halogens is 3. The van der Waals surface area contributed by atoms with Crippen LogP contribution in [0.4, 0.5) is 13.2 Å². The fourth-order valence-corrected chi connectivity index (χ4v) is 3.09. The van der Waals surface area contributed by atoms with Crippen molar-refractivity contribution in [2.45, 2.75) is 12.7 Å². The van der Waals surface area contributed by atoms with E-state index in [1.807, 2.05) is 0 Å². The predicted octanol–water partition coefficient (Wildman–Crippen LogP) is 1.85. The molecule has 2 atom stereocenters. The number of carbonyl (C=O) groups is 2. The van der Waals surface area contributed by atoms with Gasteiger partial charge in [-0.2, -0.15) is 13.2 Å². The summed E-state index contributed by atoms with van der Waals surface area (Å²) in [6.45, 7) is -0.813. The maximum absolute atomic E-state index is 13.0.